The van der Waals surface area contributed by atoms with Crippen LogP contribution in [0.25, 0.3) is 11.3 Å². The number of carboxylic acid groups (broad SMARTS) is 1. The van der Waals surface area contributed by atoms with E-state index in [4.69, 9.17) is 10.8 Å². The van der Waals surface area contributed by atoms with Crippen LogP contribution in [0.15, 0.2) is 24.3 Å². The standard InChI is InChI=1S/C15H15N5O6S/c16-13(23)11-12(8-3-5-9(6-4-8)20(25)26)19-27-14(11)18-15(24)17-7-1-2-10(21)22/h3-6H,1-2,7H2,(H2,16,23)(H,21,22)(H2,17,18,24). The second-order valence-electron chi connectivity index (χ2n) is 5.28. The summed E-state index contributed by atoms with van der Waals surface area (Å²) in [5.41, 5.74) is 5.88. The third-order valence-corrected chi connectivity index (χ3v) is 4.13. The molecule has 0 aliphatic heterocycles. The number of carboxylic acids is 1. The quantitative estimate of drug-likeness (QED) is 0.300. The van der Waals surface area contributed by atoms with Crippen LogP contribution in [0.2, 0.25) is 0 Å². The normalized spacial score (nSPS) is 10.2. The number of primary amides is 1. The molecular formula is C15H15N5O6S. The number of anilines is 1. The highest BCUT2D eigenvalue weighted by Gasteiger charge is 2.22. The van der Waals surface area contributed by atoms with Gasteiger partial charge in [-0.25, -0.2) is 4.79 Å². The number of amides is 3. The fourth-order valence-electron chi connectivity index (χ4n) is 2.13. The van der Waals surface area contributed by atoms with Crippen LogP contribution in [0.5, 0.6) is 0 Å². The number of nitro benzene ring substituents is 1. The Kier molecular flexibility index (Phi) is 6.38. The lowest BCUT2D eigenvalue weighted by atomic mass is 10.1. The topological polar surface area (TPSA) is 178 Å². The van der Waals surface area contributed by atoms with Gasteiger partial charge in [-0.15, -0.1) is 0 Å². The third kappa shape index (κ3) is 5.22. The lowest BCUT2D eigenvalue weighted by Gasteiger charge is -2.07. The number of hydrogen-bond acceptors (Lipinski definition) is 7. The zero-order valence-electron chi connectivity index (χ0n) is 13.8. The summed E-state index contributed by atoms with van der Waals surface area (Å²) < 4.78 is 4.11. The Balaban J connectivity index is 2.15. The van der Waals surface area contributed by atoms with E-state index in [2.05, 4.69) is 15.0 Å². The number of urea groups is 1. The van der Waals surface area contributed by atoms with Crippen molar-refractivity contribution in [2.75, 3.05) is 11.9 Å². The molecule has 0 aliphatic carbocycles. The molecule has 0 bridgehead atoms. The Morgan fingerprint density at radius 2 is 1.93 bits per heavy atom. The summed E-state index contributed by atoms with van der Waals surface area (Å²) in [7, 11) is 0. The van der Waals surface area contributed by atoms with Crippen molar-refractivity contribution >= 4 is 40.1 Å². The van der Waals surface area contributed by atoms with Gasteiger partial charge in [-0.1, -0.05) is 0 Å². The molecule has 0 radical (unpaired) electrons. The van der Waals surface area contributed by atoms with Crippen LogP contribution in [0.1, 0.15) is 23.2 Å². The molecule has 0 saturated carbocycles. The minimum atomic E-state index is -0.969. The maximum atomic E-state index is 11.9. The van der Waals surface area contributed by atoms with E-state index in [0.29, 0.717) is 5.56 Å². The highest BCUT2D eigenvalue weighted by molar-refractivity contribution is 7.11. The molecular weight excluding hydrogens is 378 g/mol. The Morgan fingerprint density at radius 3 is 2.48 bits per heavy atom. The van der Waals surface area contributed by atoms with Crippen LogP contribution < -0.4 is 16.4 Å². The molecule has 0 aliphatic rings. The van der Waals surface area contributed by atoms with E-state index in [1.165, 1.54) is 24.3 Å². The number of nitrogens with zero attached hydrogens (tertiary/aromatic N) is 2. The zero-order valence-corrected chi connectivity index (χ0v) is 14.6. The SMILES string of the molecule is NC(=O)c1c(-c2ccc([N+](=O)[O-])cc2)nsc1NC(=O)NCCCC(=O)O. The summed E-state index contributed by atoms with van der Waals surface area (Å²) in [4.78, 5) is 44.3. The molecule has 3 amide bonds. The summed E-state index contributed by atoms with van der Waals surface area (Å²) in [6.07, 6.45) is 0.166. The summed E-state index contributed by atoms with van der Waals surface area (Å²) in [6, 6.07) is 4.75. The average molecular weight is 393 g/mol. The van der Waals surface area contributed by atoms with Gasteiger partial charge >= 0.3 is 12.0 Å². The van der Waals surface area contributed by atoms with Gasteiger partial charge in [-0.2, -0.15) is 4.37 Å². The van der Waals surface area contributed by atoms with Gasteiger partial charge in [0.15, 0.2) is 0 Å². The zero-order chi connectivity index (χ0) is 20.0. The summed E-state index contributed by atoms with van der Waals surface area (Å²) >= 11 is 0.832. The molecule has 0 saturated heterocycles. The van der Waals surface area contributed by atoms with Crippen LogP contribution in [0, 0.1) is 10.1 Å². The van der Waals surface area contributed by atoms with Crippen LogP contribution in [-0.4, -0.2) is 38.9 Å². The van der Waals surface area contributed by atoms with E-state index in [-0.39, 0.29) is 41.3 Å². The van der Waals surface area contributed by atoms with Gasteiger partial charge in [-0.05, 0) is 30.1 Å². The minimum absolute atomic E-state index is 0.0189. The molecule has 5 N–H and O–H groups in total. The minimum Gasteiger partial charge on any atom is -0.481 e. The van der Waals surface area contributed by atoms with Gasteiger partial charge in [0.1, 0.15) is 10.6 Å². The highest BCUT2D eigenvalue weighted by Crippen LogP contribution is 2.32. The van der Waals surface area contributed by atoms with Gasteiger partial charge in [-0.3, -0.25) is 25.0 Å². The Morgan fingerprint density at radius 1 is 1.26 bits per heavy atom. The number of nitrogens with two attached hydrogens (primary N) is 1. The fraction of sp³-hybridized carbons (Fsp3) is 0.200. The number of carbonyl (C=O) groups excluding carboxylic acids is 2. The summed E-state index contributed by atoms with van der Waals surface area (Å²) in [5, 5.41) is 24.3. The molecule has 1 aromatic carbocycles. The van der Waals surface area contributed by atoms with E-state index in [1.807, 2.05) is 0 Å². The predicted octanol–water partition coefficient (Wildman–Crippen LogP) is 1.80. The number of benzene rings is 1. The van der Waals surface area contributed by atoms with Crippen molar-refractivity contribution in [3.05, 3.63) is 39.9 Å². The van der Waals surface area contributed by atoms with Crippen molar-refractivity contribution in [3.8, 4) is 11.3 Å². The number of hydrogen-bond donors (Lipinski definition) is 4. The van der Waals surface area contributed by atoms with Crippen LogP contribution in [-0.2, 0) is 4.79 Å². The smallest absolute Gasteiger partial charge is 0.319 e. The van der Waals surface area contributed by atoms with Crippen LogP contribution in [0.3, 0.4) is 0 Å². The number of nitrogens with one attached hydrogen (secondary N) is 2. The lowest BCUT2D eigenvalue weighted by Crippen LogP contribution is -2.30. The second-order valence-corrected chi connectivity index (χ2v) is 6.06. The number of nitro groups is 1. The second kappa shape index (κ2) is 8.71. The Hall–Kier alpha value is -3.54. The Labute approximate surface area is 156 Å². The van der Waals surface area contributed by atoms with Crippen molar-refractivity contribution < 1.29 is 24.4 Å². The van der Waals surface area contributed by atoms with Gasteiger partial charge in [0, 0.05) is 30.7 Å². The summed E-state index contributed by atoms with van der Waals surface area (Å²) in [6.45, 7) is 0.137. The molecule has 1 heterocycles. The molecule has 2 aromatic rings. The van der Waals surface area contributed by atoms with E-state index in [0.717, 1.165) is 11.5 Å². The molecule has 27 heavy (non-hydrogen) atoms. The maximum absolute atomic E-state index is 11.9. The van der Waals surface area contributed by atoms with Crippen molar-refractivity contribution in [1.82, 2.24) is 9.69 Å². The van der Waals surface area contributed by atoms with Crippen LogP contribution in [0.4, 0.5) is 15.5 Å². The first kappa shape index (κ1) is 19.8. The van der Waals surface area contributed by atoms with Crippen LogP contribution >= 0.6 is 11.5 Å². The van der Waals surface area contributed by atoms with E-state index < -0.39 is 22.8 Å². The highest BCUT2D eigenvalue weighted by atomic mass is 32.1. The molecule has 12 heteroatoms. The van der Waals surface area contributed by atoms with E-state index in [1.54, 1.807) is 0 Å². The monoisotopic (exact) mass is 393 g/mol. The molecule has 11 nitrogen and oxygen atoms in total. The van der Waals surface area contributed by atoms with Crippen molar-refractivity contribution in [1.29, 1.82) is 0 Å². The third-order valence-electron chi connectivity index (χ3n) is 3.37. The molecule has 142 valence electrons. The van der Waals surface area contributed by atoms with Gasteiger partial charge in [0.25, 0.3) is 11.6 Å². The van der Waals surface area contributed by atoms with Crippen molar-refractivity contribution in [2.24, 2.45) is 5.73 Å². The number of aromatic nitrogens is 1. The van der Waals surface area contributed by atoms with Gasteiger partial charge in [0.2, 0.25) is 0 Å². The lowest BCUT2D eigenvalue weighted by molar-refractivity contribution is -0.384. The molecule has 0 unspecified atom stereocenters. The number of aliphatic carboxylic acids is 1. The number of non-ortho nitro benzene ring substituents is 1. The molecule has 0 spiro atoms. The first-order valence-corrected chi connectivity index (χ1v) is 8.38. The fourth-order valence-corrected chi connectivity index (χ4v) is 2.94. The summed E-state index contributed by atoms with van der Waals surface area (Å²) in [5.74, 6) is -1.79. The predicted molar refractivity (Wildman–Crippen MR) is 96.6 cm³/mol. The van der Waals surface area contributed by atoms with Gasteiger partial charge < -0.3 is 16.2 Å². The maximum Gasteiger partial charge on any atom is 0.319 e. The molecule has 1 aromatic heterocycles. The van der Waals surface area contributed by atoms with Gasteiger partial charge in [0.05, 0.1) is 10.6 Å². The number of rotatable bonds is 8. The molecule has 0 fully saturated rings. The first-order chi connectivity index (χ1) is 12.8. The molecule has 0 atom stereocenters. The van der Waals surface area contributed by atoms with E-state index >= 15 is 0 Å². The largest absolute Gasteiger partial charge is 0.481 e. The van der Waals surface area contributed by atoms with Crippen molar-refractivity contribution in [3.63, 3.8) is 0 Å². The number of carbonyl (C=O) groups is 3. The Bertz CT molecular complexity index is 879. The van der Waals surface area contributed by atoms with Crippen molar-refractivity contribution in [2.45, 2.75) is 12.8 Å². The van der Waals surface area contributed by atoms with E-state index in [9.17, 15) is 24.5 Å². The molecule has 2 rings (SSSR count). The average Bonchev–Trinajstić information content (AvgIpc) is 3.02. The first-order valence-electron chi connectivity index (χ1n) is 7.60.